The predicted molar refractivity (Wildman–Crippen MR) is 83.2 cm³/mol. The van der Waals surface area contributed by atoms with E-state index in [0.29, 0.717) is 16.7 Å². The molecule has 0 aromatic heterocycles. The molecule has 0 radical (unpaired) electrons. The molecule has 0 amide bonds. The number of carbonyl (C=O) groups is 1. The van der Waals surface area contributed by atoms with E-state index in [2.05, 4.69) is 0 Å². The van der Waals surface area contributed by atoms with Gasteiger partial charge in [0.2, 0.25) is 0 Å². The minimum absolute atomic E-state index is 0.200. The van der Waals surface area contributed by atoms with Gasteiger partial charge in [-0.3, -0.25) is 9.69 Å². The van der Waals surface area contributed by atoms with E-state index >= 15 is 0 Å². The molecule has 2 aromatic carbocycles. The first-order valence-corrected chi connectivity index (χ1v) is 7.26. The second-order valence-corrected chi connectivity index (χ2v) is 5.34. The smallest absolute Gasteiger partial charge is 0.190 e. The van der Waals surface area contributed by atoms with Gasteiger partial charge in [0, 0.05) is 12.7 Å². The van der Waals surface area contributed by atoms with Gasteiger partial charge in [-0.05, 0) is 11.1 Å². The van der Waals surface area contributed by atoms with Crippen molar-refractivity contribution >= 4 is 5.78 Å². The van der Waals surface area contributed by atoms with Crippen molar-refractivity contribution < 1.29 is 14.6 Å². The average Bonchev–Trinajstić information content (AvgIpc) is 2.61. The van der Waals surface area contributed by atoms with Gasteiger partial charge in [-0.2, -0.15) is 5.26 Å². The third-order valence-electron chi connectivity index (χ3n) is 4.10. The maximum Gasteiger partial charge on any atom is 0.190 e. The van der Waals surface area contributed by atoms with E-state index in [0.717, 1.165) is 0 Å². The van der Waals surface area contributed by atoms with Gasteiger partial charge in [0.1, 0.15) is 12.1 Å². The summed E-state index contributed by atoms with van der Waals surface area (Å²) in [5.74, 6) is -0.200. The molecule has 1 aliphatic heterocycles. The quantitative estimate of drug-likeness (QED) is 0.696. The van der Waals surface area contributed by atoms with Crippen molar-refractivity contribution in [1.29, 1.82) is 5.26 Å². The van der Waals surface area contributed by atoms with Crippen molar-refractivity contribution in [2.45, 2.75) is 18.4 Å². The SMILES string of the molecule is CO[C@H]1[C@H](O)c2ccccc2[C@H](C(=O)c2ccccc2)N1C#N. The number of methoxy groups -OCH3 is 1. The summed E-state index contributed by atoms with van der Waals surface area (Å²) in [5.41, 5.74) is 1.75. The first kappa shape index (κ1) is 15.2. The van der Waals surface area contributed by atoms with Crippen LogP contribution in [-0.2, 0) is 4.74 Å². The Morgan fingerprint density at radius 2 is 1.74 bits per heavy atom. The summed E-state index contributed by atoms with van der Waals surface area (Å²) < 4.78 is 5.28. The van der Waals surface area contributed by atoms with Crippen LogP contribution in [0.25, 0.3) is 0 Å². The maximum atomic E-state index is 13.0. The molecule has 5 heteroatoms. The Kier molecular flexibility index (Phi) is 4.11. The van der Waals surface area contributed by atoms with E-state index in [4.69, 9.17) is 4.74 Å². The van der Waals surface area contributed by atoms with Crippen LogP contribution in [0.3, 0.4) is 0 Å². The molecule has 1 heterocycles. The number of aliphatic hydroxyl groups is 1. The predicted octanol–water partition coefficient (Wildman–Crippen LogP) is 2.41. The van der Waals surface area contributed by atoms with Gasteiger partial charge >= 0.3 is 0 Å². The van der Waals surface area contributed by atoms with Crippen molar-refractivity contribution in [3.05, 3.63) is 71.3 Å². The maximum absolute atomic E-state index is 13.0. The van der Waals surface area contributed by atoms with Crippen molar-refractivity contribution in [2.24, 2.45) is 0 Å². The molecule has 1 N–H and O–H groups in total. The number of ether oxygens (including phenoxy) is 1. The van der Waals surface area contributed by atoms with Crippen LogP contribution in [0.4, 0.5) is 0 Å². The Labute approximate surface area is 134 Å². The van der Waals surface area contributed by atoms with Crippen LogP contribution >= 0.6 is 0 Å². The highest BCUT2D eigenvalue weighted by molar-refractivity contribution is 6.01. The standard InChI is InChI=1S/C18H16N2O3/c1-23-18-17(22)14-10-6-5-9-13(14)15(20(18)11-19)16(21)12-7-3-2-4-8-12/h2-10,15,17-18,22H,1H3/t15-,17-,18+/m1/s1. The molecule has 5 nitrogen and oxygen atoms in total. The van der Waals surface area contributed by atoms with Crippen LogP contribution in [0.1, 0.15) is 33.6 Å². The van der Waals surface area contributed by atoms with Crippen LogP contribution in [0.5, 0.6) is 0 Å². The number of nitriles is 1. The fourth-order valence-electron chi connectivity index (χ4n) is 3.02. The van der Waals surface area contributed by atoms with E-state index in [9.17, 15) is 15.2 Å². The average molecular weight is 308 g/mol. The van der Waals surface area contributed by atoms with Gasteiger partial charge in [0.15, 0.2) is 18.2 Å². The van der Waals surface area contributed by atoms with Crippen molar-refractivity contribution in [2.75, 3.05) is 7.11 Å². The lowest BCUT2D eigenvalue weighted by Gasteiger charge is -2.40. The van der Waals surface area contributed by atoms with E-state index in [1.165, 1.54) is 12.0 Å². The number of Topliss-reactive ketones (excluding diaryl/α,β-unsaturated/α-hetero) is 1. The molecule has 0 saturated heterocycles. The monoisotopic (exact) mass is 308 g/mol. The Morgan fingerprint density at radius 1 is 1.13 bits per heavy atom. The number of carbonyl (C=O) groups excluding carboxylic acids is 1. The summed E-state index contributed by atoms with van der Waals surface area (Å²) in [7, 11) is 1.41. The molecule has 0 spiro atoms. The number of rotatable bonds is 3. The molecule has 116 valence electrons. The summed E-state index contributed by atoms with van der Waals surface area (Å²) in [6, 6.07) is 15.1. The second kappa shape index (κ2) is 6.21. The van der Waals surface area contributed by atoms with E-state index in [1.54, 1.807) is 48.5 Å². The van der Waals surface area contributed by atoms with Gasteiger partial charge in [-0.25, -0.2) is 0 Å². The van der Waals surface area contributed by atoms with Gasteiger partial charge in [0.25, 0.3) is 0 Å². The van der Waals surface area contributed by atoms with Crippen LogP contribution in [0.15, 0.2) is 54.6 Å². The van der Waals surface area contributed by atoms with Crippen molar-refractivity contribution in [1.82, 2.24) is 4.90 Å². The summed E-state index contributed by atoms with van der Waals surface area (Å²) >= 11 is 0. The minimum atomic E-state index is -0.990. The highest BCUT2D eigenvalue weighted by Gasteiger charge is 2.43. The molecular weight excluding hydrogens is 292 g/mol. The third kappa shape index (κ3) is 2.48. The lowest BCUT2D eigenvalue weighted by Crippen LogP contribution is -2.47. The van der Waals surface area contributed by atoms with E-state index in [1.807, 2.05) is 12.3 Å². The highest BCUT2D eigenvalue weighted by Crippen LogP contribution is 2.40. The second-order valence-electron chi connectivity index (χ2n) is 5.34. The van der Waals surface area contributed by atoms with E-state index < -0.39 is 18.4 Å². The summed E-state index contributed by atoms with van der Waals surface area (Å²) in [5, 5.41) is 20.0. The Bertz CT molecular complexity index is 754. The van der Waals surface area contributed by atoms with Crippen molar-refractivity contribution in [3.63, 3.8) is 0 Å². The summed E-state index contributed by atoms with van der Waals surface area (Å²) in [4.78, 5) is 14.2. The topological polar surface area (TPSA) is 73.6 Å². The molecule has 0 bridgehead atoms. The van der Waals surface area contributed by atoms with E-state index in [-0.39, 0.29) is 5.78 Å². The summed E-state index contributed by atoms with van der Waals surface area (Å²) in [6.07, 6.45) is 0.119. The number of ketones is 1. The van der Waals surface area contributed by atoms with Gasteiger partial charge < -0.3 is 9.84 Å². The molecule has 3 rings (SSSR count). The molecular formula is C18H16N2O3. The molecule has 0 aliphatic carbocycles. The number of fused-ring (bicyclic) bond motifs is 1. The Balaban J connectivity index is 2.14. The zero-order valence-corrected chi connectivity index (χ0v) is 12.6. The minimum Gasteiger partial charge on any atom is -0.384 e. The zero-order chi connectivity index (χ0) is 16.4. The number of hydrogen-bond acceptors (Lipinski definition) is 5. The lowest BCUT2D eigenvalue weighted by molar-refractivity contribution is -0.106. The lowest BCUT2D eigenvalue weighted by atomic mass is 9.86. The van der Waals surface area contributed by atoms with Crippen LogP contribution in [-0.4, -0.2) is 29.1 Å². The first-order chi connectivity index (χ1) is 11.2. The number of hydrogen-bond donors (Lipinski definition) is 1. The molecule has 0 saturated carbocycles. The van der Waals surface area contributed by atoms with Crippen molar-refractivity contribution in [3.8, 4) is 6.19 Å². The van der Waals surface area contributed by atoms with Crippen LogP contribution < -0.4 is 0 Å². The molecule has 3 atom stereocenters. The molecule has 0 fully saturated rings. The third-order valence-corrected chi connectivity index (χ3v) is 4.10. The van der Waals surface area contributed by atoms with Crippen LogP contribution in [0, 0.1) is 11.5 Å². The molecule has 23 heavy (non-hydrogen) atoms. The van der Waals surface area contributed by atoms with Gasteiger partial charge in [-0.1, -0.05) is 54.6 Å². The first-order valence-electron chi connectivity index (χ1n) is 7.26. The van der Waals surface area contributed by atoms with Gasteiger partial charge in [-0.15, -0.1) is 0 Å². The fourth-order valence-corrected chi connectivity index (χ4v) is 3.02. The molecule has 0 unspecified atom stereocenters. The van der Waals surface area contributed by atoms with Gasteiger partial charge in [0.05, 0.1) is 0 Å². The Morgan fingerprint density at radius 3 is 2.35 bits per heavy atom. The number of benzene rings is 2. The van der Waals surface area contributed by atoms with Crippen LogP contribution in [0.2, 0.25) is 0 Å². The Hall–Kier alpha value is -2.68. The fraction of sp³-hybridized carbons (Fsp3) is 0.222. The normalized spacial score (nSPS) is 23.0. The highest BCUT2D eigenvalue weighted by atomic mass is 16.5. The zero-order valence-electron chi connectivity index (χ0n) is 12.6. The number of nitrogens with zero attached hydrogens (tertiary/aromatic N) is 2. The summed E-state index contributed by atoms with van der Waals surface area (Å²) in [6.45, 7) is 0. The molecule has 2 aromatic rings. The largest absolute Gasteiger partial charge is 0.384 e. The molecule has 1 aliphatic rings. The number of aliphatic hydroxyl groups excluding tert-OH is 1.